The minimum absolute atomic E-state index is 0.0711. The van der Waals surface area contributed by atoms with Crippen molar-refractivity contribution in [1.29, 1.82) is 0 Å². The minimum atomic E-state index is -1.38. The van der Waals surface area contributed by atoms with E-state index in [0.717, 1.165) is 0 Å². The first-order valence-corrected chi connectivity index (χ1v) is 4.98. The van der Waals surface area contributed by atoms with E-state index in [1.807, 2.05) is 0 Å². The molecule has 6 heteroatoms. The number of carboxylic acids is 1. The third-order valence-electron chi connectivity index (χ3n) is 2.07. The molecule has 0 aromatic carbocycles. The summed E-state index contributed by atoms with van der Waals surface area (Å²) in [6.07, 6.45) is 0.797. The maximum atomic E-state index is 11.4. The van der Waals surface area contributed by atoms with Crippen molar-refractivity contribution in [1.82, 2.24) is 5.32 Å². The Morgan fingerprint density at radius 1 is 1.31 bits per heavy atom. The lowest BCUT2D eigenvalue weighted by atomic mass is 10.0. The summed E-state index contributed by atoms with van der Waals surface area (Å²) in [4.78, 5) is 22.4. The van der Waals surface area contributed by atoms with Crippen LogP contribution in [0.2, 0.25) is 0 Å². The van der Waals surface area contributed by atoms with Crippen LogP contribution in [0.3, 0.4) is 0 Å². The zero-order valence-electron chi connectivity index (χ0n) is 9.91. The molecule has 94 valence electrons. The number of nitrogens with one attached hydrogen (secondary N) is 1. The Morgan fingerprint density at radius 3 is 2.38 bits per heavy atom. The average Bonchev–Trinajstić information content (AvgIpc) is 2.18. The molecular formula is C10H19NO5. The van der Waals surface area contributed by atoms with E-state index in [1.165, 1.54) is 14.0 Å². The molecule has 0 bridgehead atoms. The number of rotatable bonds is 8. The standard InChI is InChI=1S/C10H19NO5/c1-10(7-16-3,9(13)14)11-8(12)5-4-6-15-2/h4-7H2,1-3H3,(H,11,12)(H,13,14). The highest BCUT2D eigenvalue weighted by atomic mass is 16.5. The number of aliphatic carboxylic acids is 1. The van der Waals surface area contributed by atoms with Gasteiger partial charge in [-0.3, -0.25) is 4.79 Å². The maximum Gasteiger partial charge on any atom is 0.331 e. The quantitative estimate of drug-likeness (QED) is 0.577. The lowest BCUT2D eigenvalue weighted by Gasteiger charge is -2.25. The van der Waals surface area contributed by atoms with Crippen molar-refractivity contribution in [2.45, 2.75) is 25.3 Å². The number of methoxy groups -OCH3 is 2. The smallest absolute Gasteiger partial charge is 0.331 e. The molecule has 1 unspecified atom stereocenters. The molecule has 0 aliphatic heterocycles. The van der Waals surface area contributed by atoms with Crippen molar-refractivity contribution in [2.75, 3.05) is 27.4 Å². The van der Waals surface area contributed by atoms with Gasteiger partial charge in [-0.2, -0.15) is 0 Å². The Balaban J connectivity index is 4.19. The highest BCUT2D eigenvalue weighted by molar-refractivity contribution is 5.86. The molecule has 0 aliphatic rings. The van der Waals surface area contributed by atoms with Crippen LogP contribution in [0.1, 0.15) is 19.8 Å². The van der Waals surface area contributed by atoms with Gasteiger partial charge in [0.05, 0.1) is 6.61 Å². The summed E-state index contributed by atoms with van der Waals surface area (Å²) in [5.74, 6) is -1.44. The highest BCUT2D eigenvalue weighted by Crippen LogP contribution is 2.05. The second-order valence-corrected chi connectivity index (χ2v) is 3.71. The summed E-state index contributed by atoms with van der Waals surface area (Å²) in [6, 6.07) is 0. The Bertz CT molecular complexity index is 243. The van der Waals surface area contributed by atoms with Crippen molar-refractivity contribution >= 4 is 11.9 Å². The van der Waals surface area contributed by atoms with Gasteiger partial charge < -0.3 is 19.9 Å². The van der Waals surface area contributed by atoms with Crippen molar-refractivity contribution in [3.05, 3.63) is 0 Å². The molecule has 0 aromatic rings. The fraction of sp³-hybridized carbons (Fsp3) is 0.800. The summed E-state index contributed by atoms with van der Waals surface area (Å²) in [7, 11) is 2.93. The number of hydrogen-bond acceptors (Lipinski definition) is 4. The van der Waals surface area contributed by atoms with E-state index < -0.39 is 11.5 Å². The normalized spacial score (nSPS) is 14.2. The zero-order valence-corrected chi connectivity index (χ0v) is 9.91. The largest absolute Gasteiger partial charge is 0.479 e. The lowest BCUT2D eigenvalue weighted by molar-refractivity contribution is -0.149. The molecule has 0 saturated heterocycles. The zero-order chi connectivity index (χ0) is 12.6. The molecule has 0 aromatic heterocycles. The number of amides is 1. The molecule has 0 radical (unpaired) electrons. The lowest BCUT2D eigenvalue weighted by Crippen LogP contribution is -2.55. The fourth-order valence-electron chi connectivity index (χ4n) is 1.19. The van der Waals surface area contributed by atoms with Gasteiger partial charge in [0.25, 0.3) is 0 Å². The maximum absolute atomic E-state index is 11.4. The molecule has 0 fully saturated rings. The van der Waals surface area contributed by atoms with Crippen molar-refractivity contribution in [2.24, 2.45) is 0 Å². The minimum Gasteiger partial charge on any atom is -0.479 e. The first kappa shape index (κ1) is 14.9. The van der Waals surface area contributed by atoms with Gasteiger partial charge in [0.2, 0.25) is 5.91 Å². The SMILES string of the molecule is COCCCC(=O)NC(C)(COC)C(=O)O. The van der Waals surface area contributed by atoms with Crippen LogP contribution in [-0.4, -0.2) is 50.0 Å². The van der Waals surface area contributed by atoms with E-state index in [0.29, 0.717) is 13.0 Å². The van der Waals surface area contributed by atoms with Crippen LogP contribution in [0.4, 0.5) is 0 Å². The van der Waals surface area contributed by atoms with E-state index in [-0.39, 0.29) is 18.9 Å². The van der Waals surface area contributed by atoms with Gasteiger partial charge in [0.1, 0.15) is 0 Å². The van der Waals surface area contributed by atoms with Crippen LogP contribution in [-0.2, 0) is 19.1 Å². The van der Waals surface area contributed by atoms with Crippen molar-refractivity contribution in [3.63, 3.8) is 0 Å². The van der Waals surface area contributed by atoms with Gasteiger partial charge in [-0.1, -0.05) is 0 Å². The van der Waals surface area contributed by atoms with Gasteiger partial charge in [0, 0.05) is 27.2 Å². The third kappa shape index (κ3) is 5.09. The summed E-state index contributed by atoms with van der Waals surface area (Å²) >= 11 is 0. The Hall–Kier alpha value is -1.14. The van der Waals surface area contributed by atoms with Crippen LogP contribution in [0.25, 0.3) is 0 Å². The number of carbonyl (C=O) groups is 2. The highest BCUT2D eigenvalue weighted by Gasteiger charge is 2.34. The van der Waals surface area contributed by atoms with Gasteiger partial charge in [-0.15, -0.1) is 0 Å². The second-order valence-electron chi connectivity index (χ2n) is 3.71. The van der Waals surface area contributed by atoms with Gasteiger partial charge in [0.15, 0.2) is 5.54 Å². The number of carbonyl (C=O) groups excluding carboxylic acids is 1. The molecule has 1 amide bonds. The predicted molar refractivity (Wildman–Crippen MR) is 57.2 cm³/mol. The summed E-state index contributed by atoms with van der Waals surface area (Å²) < 4.78 is 9.57. The van der Waals surface area contributed by atoms with Crippen LogP contribution in [0.15, 0.2) is 0 Å². The molecule has 0 rings (SSSR count). The average molecular weight is 233 g/mol. The molecule has 0 aliphatic carbocycles. The van der Waals surface area contributed by atoms with Crippen molar-refractivity contribution < 1.29 is 24.2 Å². The molecule has 6 nitrogen and oxygen atoms in total. The molecule has 16 heavy (non-hydrogen) atoms. The van der Waals surface area contributed by atoms with Crippen LogP contribution in [0.5, 0.6) is 0 Å². The van der Waals surface area contributed by atoms with E-state index >= 15 is 0 Å². The predicted octanol–water partition coefficient (Wildman–Crippen LogP) is 0.0189. The number of carboxylic acid groups (broad SMARTS) is 1. The molecule has 1 atom stereocenters. The first-order chi connectivity index (χ1) is 7.46. The third-order valence-corrected chi connectivity index (χ3v) is 2.07. The monoisotopic (exact) mass is 233 g/mol. The van der Waals surface area contributed by atoms with Crippen LogP contribution < -0.4 is 5.32 Å². The van der Waals surface area contributed by atoms with Crippen LogP contribution >= 0.6 is 0 Å². The fourth-order valence-corrected chi connectivity index (χ4v) is 1.19. The van der Waals surface area contributed by atoms with E-state index in [1.54, 1.807) is 7.11 Å². The number of ether oxygens (including phenoxy) is 2. The topological polar surface area (TPSA) is 84.9 Å². The van der Waals surface area contributed by atoms with E-state index in [2.05, 4.69) is 5.32 Å². The number of hydrogen-bond donors (Lipinski definition) is 2. The second kappa shape index (κ2) is 7.19. The van der Waals surface area contributed by atoms with Crippen molar-refractivity contribution in [3.8, 4) is 0 Å². The van der Waals surface area contributed by atoms with E-state index in [4.69, 9.17) is 14.6 Å². The summed E-state index contributed by atoms with van der Waals surface area (Å²) in [6.45, 7) is 1.81. The molecular weight excluding hydrogens is 214 g/mol. The van der Waals surface area contributed by atoms with Gasteiger partial charge >= 0.3 is 5.97 Å². The first-order valence-electron chi connectivity index (χ1n) is 4.98. The Morgan fingerprint density at radius 2 is 1.94 bits per heavy atom. The Labute approximate surface area is 94.9 Å². The summed E-state index contributed by atoms with van der Waals surface area (Å²) in [5, 5.41) is 11.4. The van der Waals surface area contributed by atoms with Crippen LogP contribution in [0, 0.1) is 0 Å². The molecule has 0 saturated carbocycles. The summed E-state index contributed by atoms with van der Waals surface area (Å²) in [5.41, 5.74) is -1.38. The van der Waals surface area contributed by atoms with Gasteiger partial charge in [-0.05, 0) is 13.3 Å². The van der Waals surface area contributed by atoms with Gasteiger partial charge in [-0.25, -0.2) is 4.79 Å². The van der Waals surface area contributed by atoms with E-state index in [9.17, 15) is 9.59 Å². The molecule has 2 N–H and O–H groups in total. The molecule has 0 heterocycles. The Kier molecular flexibility index (Phi) is 6.67. The molecule has 0 spiro atoms.